The van der Waals surface area contributed by atoms with E-state index < -0.39 is 0 Å². The molecule has 0 aromatic heterocycles. The van der Waals surface area contributed by atoms with E-state index in [4.69, 9.17) is 4.74 Å². The molecule has 0 saturated heterocycles. The highest BCUT2D eigenvalue weighted by Gasteiger charge is 2.10. The fraction of sp³-hybridized carbons (Fsp3) is 0.588. The zero-order valence-corrected chi connectivity index (χ0v) is 13.5. The Kier molecular flexibility index (Phi) is 8.51. The number of amides is 1. The Morgan fingerprint density at radius 3 is 2.67 bits per heavy atom. The summed E-state index contributed by atoms with van der Waals surface area (Å²) < 4.78 is 5.45. The average molecular weight is 292 g/mol. The molecule has 0 spiro atoms. The van der Waals surface area contributed by atoms with E-state index in [1.807, 2.05) is 25.1 Å². The van der Waals surface area contributed by atoms with Crippen molar-refractivity contribution in [3.05, 3.63) is 29.3 Å². The van der Waals surface area contributed by atoms with Gasteiger partial charge in [0.15, 0.2) is 0 Å². The first-order valence-corrected chi connectivity index (χ1v) is 7.89. The van der Waals surface area contributed by atoms with E-state index in [0.717, 1.165) is 43.7 Å². The first-order chi connectivity index (χ1) is 10.2. The van der Waals surface area contributed by atoms with Crippen LogP contribution >= 0.6 is 0 Å². The lowest BCUT2D eigenvalue weighted by molar-refractivity contribution is 0.0913. The van der Waals surface area contributed by atoms with Crippen LogP contribution in [0, 0.1) is 6.92 Å². The number of aryl methyl sites for hydroxylation is 1. The van der Waals surface area contributed by atoms with Gasteiger partial charge in [-0.3, -0.25) is 4.79 Å². The largest absolute Gasteiger partial charge is 0.384 e. The third-order valence-corrected chi connectivity index (χ3v) is 3.16. The molecule has 2 N–H and O–H groups in total. The van der Waals surface area contributed by atoms with E-state index in [2.05, 4.69) is 24.5 Å². The Morgan fingerprint density at radius 1 is 1.14 bits per heavy atom. The number of carbonyl (C=O) groups is 1. The summed E-state index contributed by atoms with van der Waals surface area (Å²) in [6.07, 6.45) is 3.22. The van der Waals surface area contributed by atoms with Gasteiger partial charge in [0.1, 0.15) is 0 Å². The quantitative estimate of drug-likeness (QED) is 0.650. The summed E-state index contributed by atoms with van der Waals surface area (Å²) in [6, 6.07) is 5.91. The minimum Gasteiger partial charge on any atom is -0.384 e. The summed E-state index contributed by atoms with van der Waals surface area (Å²) in [5, 5.41) is 6.21. The van der Waals surface area contributed by atoms with Crippen molar-refractivity contribution in [1.82, 2.24) is 5.32 Å². The number of ether oxygens (including phenoxy) is 1. The van der Waals surface area contributed by atoms with Crippen LogP contribution in [-0.4, -0.2) is 32.2 Å². The summed E-state index contributed by atoms with van der Waals surface area (Å²) in [4.78, 5) is 12.3. The molecule has 1 rings (SSSR count). The van der Waals surface area contributed by atoms with Gasteiger partial charge < -0.3 is 15.4 Å². The van der Waals surface area contributed by atoms with Crippen LogP contribution in [0.15, 0.2) is 18.2 Å². The van der Waals surface area contributed by atoms with Gasteiger partial charge >= 0.3 is 0 Å². The van der Waals surface area contributed by atoms with Crippen LogP contribution in [0.5, 0.6) is 0 Å². The van der Waals surface area contributed by atoms with Crippen LogP contribution in [0.1, 0.15) is 49.0 Å². The van der Waals surface area contributed by atoms with Gasteiger partial charge in [0.2, 0.25) is 0 Å². The molecule has 0 radical (unpaired) electrons. The molecule has 0 aliphatic rings. The molecule has 1 aromatic rings. The highest BCUT2D eigenvalue weighted by Crippen LogP contribution is 2.17. The fourth-order valence-corrected chi connectivity index (χ4v) is 1.94. The second kappa shape index (κ2) is 10.2. The molecule has 21 heavy (non-hydrogen) atoms. The maximum absolute atomic E-state index is 12.3. The molecule has 0 aliphatic carbocycles. The van der Waals surface area contributed by atoms with E-state index in [1.165, 1.54) is 0 Å². The Balaban J connectivity index is 2.50. The van der Waals surface area contributed by atoms with E-state index >= 15 is 0 Å². The predicted octanol–water partition coefficient (Wildman–Crippen LogP) is 3.36. The normalized spacial score (nSPS) is 10.4. The summed E-state index contributed by atoms with van der Waals surface area (Å²) in [5.41, 5.74) is 2.69. The molecule has 1 amide bonds. The van der Waals surface area contributed by atoms with E-state index in [0.29, 0.717) is 18.7 Å². The monoisotopic (exact) mass is 292 g/mol. The molecule has 0 saturated carbocycles. The summed E-state index contributed by atoms with van der Waals surface area (Å²) in [6.45, 7) is 8.97. The number of hydrogen-bond donors (Lipinski definition) is 2. The van der Waals surface area contributed by atoms with Crippen LogP contribution < -0.4 is 10.6 Å². The lowest BCUT2D eigenvalue weighted by atomic mass is 10.1. The van der Waals surface area contributed by atoms with Crippen molar-refractivity contribution in [2.24, 2.45) is 0 Å². The molecule has 4 nitrogen and oxygen atoms in total. The van der Waals surface area contributed by atoms with Gasteiger partial charge in [-0.1, -0.05) is 31.9 Å². The number of carbonyl (C=O) groups excluding carboxylic acids is 1. The van der Waals surface area contributed by atoms with Gasteiger partial charge in [-0.25, -0.2) is 0 Å². The predicted molar refractivity (Wildman–Crippen MR) is 88.0 cm³/mol. The summed E-state index contributed by atoms with van der Waals surface area (Å²) in [7, 11) is 0. The Hall–Kier alpha value is -1.55. The van der Waals surface area contributed by atoms with Crippen molar-refractivity contribution in [2.75, 3.05) is 31.6 Å². The van der Waals surface area contributed by atoms with Crippen molar-refractivity contribution in [1.29, 1.82) is 0 Å². The van der Waals surface area contributed by atoms with Crippen LogP contribution in [0.2, 0.25) is 0 Å². The topological polar surface area (TPSA) is 50.4 Å². The molecular weight excluding hydrogens is 264 g/mol. The second-order valence-electron chi connectivity index (χ2n) is 5.20. The summed E-state index contributed by atoms with van der Waals surface area (Å²) >= 11 is 0. The Bertz CT molecular complexity index is 433. The molecule has 0 unspecified atom stereocenters. The third-order valence-electron chi connectivity index (χ3n) is 3.16. The Labute approximate surface area is 128 Å². The number of hydrogen-bond acceptors (Lipinski definition) is 3. The number of nitrogens with one attached hydrogen (secondary N) is 2. The van der Waals surface area contributed by atoms with Crippen molar-refractivity contribution in [3.8, 4) is 0 Å². The highest BCUT2D eigenvalue weighted by atomic mass is 16.5. The number of rotatable bonds is 10. The van der Waals surface area contributed by atoms with Gasteiger partial charge in [-0.2, -0.15) is 0 Å². The fourth-order valence-electron chi connectivity index (χ4n) is 1.94. The van der Waals surface area contributed by atoms with Gasteiger partial charge in [-0.05, 0) is 31.9 Å². The van der Waals surface area contributed by atoms with Crippen molar-refractivity contribution < 1.29 is 9.53 Å². The maximum atomic E-state index is 12.3. The first-order valence-electron chi connectivity index (χ1n) is 7.89. The smallest absolute Gasteiger partial charge is 0.253 e. The molecule has 1 aromatic carbocycles. The molecule has 118 valence electrons. The van der Waals surface area contributed by atoms with Gasteiger partial charge in [0, 0.05) is 25.4 Å². The van der Waals surface area contributed by atoms with Crippen LogP contribution in [0.4, 0.5) is 5.69 Å². The number of unbranched alkanes of at least 4 members (excludes halogenated alkanes) is 1. The Morgan fingerprint density at radius 2 is 1.95 bits per heavy atom. The number of anilines is 1. The van der Waals surface area contributed by atoms with Gasteiger partial charge in [0.05, 0.1) is 12.2 Å². The standard InChI is InChI=1S/C17H28N2O2/c1-4-6-11-21-12-10-19-17(20)15-13-14(3)7-8-16(15)18-9-5-2/h7-8,13,18H,4-6,9-12H2,1-3H3,(H,19,20). The van der Waals surface area contributed by atoms with Crippen molar-refractivity contribution in [2.45, 2.75) is 40.0 Å². The van der Waals surface area contributed by atoms with Crippen molar-refractivity contribution >= 4 is 11.6 Å². The molecule has 4 heteroatoms. The lowest BCUT2D eigenvalue weighted by Crippen LogP contribution is -2.28. The maximum Gasteiger partial charge on any atom is 0.253 e. The molecule has 0 heterocycles. The minimum absolute atomic E-state index is 0.0450. The van der Waals surface area contributed by atoms with Crippen LogP contribution in [0.3, 0.4) is 0 Å². The zero-order chi connectivity index (χ0) is 15.5. The highest BCUT2D eigenvalue weighted by molar-refractivity contribution is 5.99. The molecule has 0 aliphatic heterocycles. The van der Waals surface area contributed by atoms with Crippen LogP contribution in [-0.2, 0) is 4.74 Å². The minimum atomic E-state index is -0.0450. The zero-order valence-electron chi connectivity index (χ0n) is 13.5. The van der Waals surface area contributed by atoms with E-state index in [1.54, 1.807) is 0 Å². The van der Waals surface area contributed by atoms with Crippen LogP contribution in [0.25, 0.3) is 0 Å². The summed E-state index contributed by atoms with van der Waals surface area (Å²) in [5.74, 6) is -0.0450. The molecule has 0 fully saturated rings. The SMILES string of the molecule is CCCCOCCNC(=O)c1cc(C)ccc1NCCC. The van der Waals surface area contributed by atoms with E-state index in [-0.39, 0.29) is 5.91 Å². The molecule has 0 atom stereocenters. The number of benzene rings is 1. The van der Waals surface area contributed by atoms with E-state index in [9.17, 15) is 4.79 Å². The van der Waals surface area contributed by atoms with Gasteiger partial charge in [0.25, 0.3) is 5.91 Å². The van der Waals surface area contributed by atoms with Crippen molar-refractivity contribution in [3.63, 3.8) is 0 Å². The second-order valence-corrected chi connectivity index (χ2v) is 5.20. The molecule has 0 bridgehead atoms. The molecular formula is C17H28N2O2. The average Bonchev–Trinajstić information content (AvgIpc) is 2.49. The lowest BCUT2D eigenvalue weighted by Gasteiger charge is -2.13. The first kappa shape index (κ1) is 17.5. The third kappa shape index (κ3) is 6.63. The van der Waals surface area contributed by atoms with Gasteiger partial charge in [-0.15, -0.1) is 0 Å².